The molecule has 2 aromatic heterocycles. The number of hydrogen-bond donors (Lipinski definition) is 1. The first-order chi connectivity index (χ1) is 9.22. The summed E-state index contributed by atoms with van der Waals surface area (Å²) in [5.74, 6) is 0.294. The van der Waals surface area contributed by atoms with E-state index in [1.807, 2.05) is 36.5 Å². The lowest BCUT2D eigenvalue weighted by atomic mass is 10.2. The molecule has 0 spiro atoms. The second-order valence-electron chi connectivity index (χ2n) is 4.50. The molecule has 0 radical (unpaired) electrons. The molecule has 0 aliphatic carbocycles. The van der Waals surface area contributed by atoms with E-state index >= 15 is 0 Å². The highest BCUT2D eigenvalue weighted by atomic mass is 15.3. The summed E-state index contributed by atoms with van der Waals surface area (Å²) in [6.07, 6.45) is 1.93. The van der Waals surface area contributed by atoms with Gasteiger partial charge in [-0.1, -0.05) is 30.3 Å². The number of pyridine rings is 1. The van der Waals surface area contributed by atoms with Gasteiger partial charge in [0.2, 0.25) is 5.95 Å². The van der Waals surface area contributed by atoms with Crippen LogP contribution in [-0.4, -0.2) is 21.6 Å². The Labute approximate surface area is 111 Å². The molecule has 3 aromatic rings. The third kappa shape index (κ3) is 2.35. The Morgan fingerprint density at radius 1 is 1.16 bits per heavy atom. The van der Waals surface area contributed by atoms with Crippen LogP contribution >= 0.6 is 0 Å². The zero-order valence-corrected chi connectivity index (χ0v) is 10.7. The van der Waals surface area contributed by atoms with Crippen molar-refractivity contribution in [1.82, 2.24) is 14.6 Å². The van der Waals surface area contributed by atoms with Crippen LogP contribution in [0.25, 0.3) is 5.65 Å². The van der Waals surface area contributed by atoms with Gasteiger partial charge in [-0.3, -0.25) is 0 Å². The van der Waals surface area contributed by atoms with Crippen molar-refractivity contribution in [2.24, 2.45) is 0 Å². The topological polar surface area (TPSA) is 59.5 Å². The van der Waals surface area contributed by atoms with E-state index < -0.39 is 0 Å². The second-order valence-corrected chi connectivity index (χ2v) is 4.50. The van der Waals surface area contributed by atoms with E-state index in [4.69, 9.17) is 5.73 Å². The number of anilines is 2. The standard InChI is InChI=1S/C14H15N5/c1-18(9-11-5-3-2-4-6-11)12-7-8-13-16-14(15)17-19(13)10-12/h2-8,10H,9H2,1H3,(H2,15,17). The van der Waals surface area contributed by atoms with Crippen molar-refractivity contribution in [3.8, 4) is 0 Å². The fraction of sp³-hybridized carbons (Fsp3) is 0.143. The van der Waals surface area contributed by atoms with E-state index in [-0.39, 0.29) is 0 Å². The van der Waals surface area contributed by atoms with Crippen LogP contribution in [0.2, 0.25) is 0 Å². The smallest absolute Gasteiger partial charge is 0.240 e. The van der Waals surface area contributed by atoms with Crippen LogP contribution in [-0.2, 0) is 6.54 Å². The number of nitrogens with two attached hydrogens (primary N) is 1. The van der Waals surface area contributed by atoms with E-state index in [0.717, 1.165) is 17.9 Å². The highest BCUT2D eigenvalue weighted by molar-refractivity contribution is 5.52. The third-order valence-electron chi connectivity index (χ3n) is 3.04. The first-order valence-corrected chi connectivity index (χ1v) is 6.09. The lowest BCUT2D eigenvalue weighted by Crippen LogP contribution is -2.16. The SMILES string of the molecule is CN(Cc1ccccc1)c1ccc2nc(N)nn2c1. The monoisotopic (exact) mass is 253 g/mol. The Hall–Kier alpha value is -2.56. The summed E-state index contributed by atoms with van der Waals surface area (Å²) >= 11 is 0. The number of nitrogen functional groups attached to an aromatic ring is 1. The number of benzene rings is 1. The van der Waals surface area contributed by atoms with Gasteiger partial charge in [0.25, 0.3) is 0 Å². The van der Waals surface area contributed by atoms with Crippen LogP contribution in [0.5, 0.6) is 0 Å². The van der Waals surface area contributed by atoms with Crippen LogP contribution in [0.1, 0.15) is 5.56 Å². The van der Waals surface area contributed by atoms with Crippen molar-refractivity contribution >= 4 is 17.3 Å². The summed E-state index contributed by atoms with van der Waals surface area (Å²) in [7, 11) is 2.05. The van der Waals surface area contributed by atoms with E-state index in [9.17, 15) is 0 Å². The summed E-state index contributed by atoms with van der Waals surface area (Å²) in [6.45, 7) is 0.844. The van der Waals surface area contributed by atoms with Crippen molar-refractivity contribution in [2.75, 3.05) is 17.7 Å². The molecule has 0 saturated heterocycles. The van der Waals surface area contributed by atoms with Crippen LogP contribution in [0.3, 0.4) is 0 Å². The average molecular weight is 253 g/mol. The maximum atomic E-state index is 5.58. The van der Waals surface area contributed by atoms with Gasteiger partial charge < -0.3 is 10.6 Å². The summed E-state index contributed by atoms with van der Waals surface area (Å²) in [5, 5.41) is 4.12. The Morgan fingerprint density at radius 2 is 1.95 bits per heavy atom. The van der Waals surface area contributed by atoms with E-state index in [2.05, 4.69) is 34.2 Å². The van der Waals surface area contributed by atoms with Gasteiger partial charge in [0, 0.05) is 13.6 Å². The van der Waals surface area contributed by atoms with Crippen molar-refractivity contribution < 1.29 is 0 Å². The molecule has 19 heavy (non-hydrogen) atoms. The van der Waals surface area contributed by atoms with E-state index in [1.54, 1.807) is 4.52 Å². The van der Waals surface area contributed by atoms with Crippen LogP contribution < -0.4 is 10.6 Å². The molecule has 0 amide bonds. The zero-order chi connectivity index (χ0) is 13.2. The summed E-state index contributed by atoms with van der Waals surface area (Å²) < 4.78 is 1.70. The van der Waals surface area contributed by atoms with E-state index in [1.165, 1.54) is 5.56 Å². The Bertz CT molecular complexity index is 689. The molecule has 96 valence electrons. The van der Waals surface area contributed by atoms with Crippen molar-refractivity contribution in [3.63, 3.8) is 0 Å². The number of fused-ring (bicyclic) bond motifs is 1. The summed E-state index contributed by atoms with van der Waals surface area (Å²) in [6, 6.07) is 14.3. The van der Waals surface area contributed by atoms with Crippen LogP contribution in [0.15, 0.2) is 48.7 Å². The molecule has 3 rings (SSSR count). The molecule has 0 unspecified atom stereocenters. The first kappa shape index (κ1) is 11.5. The summed E-state index contributed by atoms with van der Waals surface area (Å²) in [4.78, 5) is 6.27. The Morgan fingerprint density at radius 3 is 2.74 bits per heavy atom. The number of rotatable bonds is 3. The maximum absolute atomic E-state index is 5.58. The van der Waals surface area contributed by atoms with Gasteiger partial charge in [-0.2, -0.15) is 4.98 Å². The highest BCUT2D eigenvalue weighted by Crippen LogP contribution is 2.16. The molecule has 0 aliphatic heterocycles. The lowest BCUT2D eigenvalue weighted by molar-refractivity contribution is 0.895. The summed E-state index contributed by atoms with van der Waals surface area (Å²) in [5.41, 5.74) is 8.68. The first-order valence-electron chi connectivity index (χ1n) is 6.09. The number of nitrogens with zero attached hydrogens (tertiary/aromatic N) is 4. The minimum atomic E-state index is 0.294. The Balaban J connectivity index is 1.86. The minimum absolute atomic E-state index is 0.294. The quantitative estimate of drug-likeness (QED) is 0.775. The van der Waals surface area contributed by atoms with E-state index in [0.29, 0.717) is 5.95 Å². The largest absolute Gasteiger partial charge is 0.369 e. The molecule has 0 atom stereocenters. The molecule has 5 nitrogen and oxygen atoms in total. The predicted octanol–water partition coefficient (Wildman–Crippen LogP) is 1.95. The van der Waals surface area contributed by atoms with Gasteiger partial charge in [0.15, 0.2) is 5.65 Å². The van der Waals surface area contributed by atoms with Crippen molar-refractivity contribution in [1.29, 1.82) is 0 Å². The van der Waals surface area contributed by atoms with Gasteiger partial charge in [-0.15, -0.1) is 5.10 Å². The molecule has 0 fully saturated rings. The van der Waals surface area contributed by atoms with Crippen molar-refractivity contribution in [3.05, 3.63) is 54.2 Å². The maximum Gasteiger partial charge on any atom is 0.240 e. The normalized spacial score (nSPS) is 10.8. The fourth-order valence-electron chi connectivity index (χ4n) is 2.06. The molecule has 1 aromatic carbocycles. The molecular weight excluding hydrogens is 238 g/mol. The molecule has 5 heteroatoms. The molecule has 0 saturated carbocycles. The van der Waals surface area contributed by atoms with Gasteiger partial charge >= 0.3 is 0 Å². The minimum Gasteiger partial charge on any atom is -0.369 e. The molecule has 0 aliphatic rings. The second kappa shape index (κ2) is 4.61. The molecular formula is C14H15N5. The van der Waals surface area contributed by atoms with Gasteiger partial charge in [-0.05, 0) is 17.7 Å². The Kier molecular flexibility index (Phi) is 2.79. The highest BCUT2D eigenvalue weighted by Gasteiger charge is 2.05. The van der Waals surface area contributed by atoms with Crippen molar-refractivity contribution in [2.45, 2.75) is 6.54 Å². The third-order valence-corrected chi connectivity index (χ3v) is 3.04. The molecule has 2 heterocycles. The number of aromatic nitrogens is 3. The zero-order valence-electron chi connectivity index (χ0n) is 10.7. The molecule has 2 N–H and O–H groups in total. The average Bonchev–Trinajstić information content (AvgIpc) is 2.78. The van der Waals surface area contributed by atoms with Gasteiger partial charge in [0.05, 0.1) is 11.9 Å². The predicted molar refractivity (Wildman–Crippen MR) is 75.9 cm³/mol. The number of hydrogen-bond acceptors (Lipinski definition) is 4. The molecule has 0 bridgehead atoms. The van der Waals surface area contributed by atoms with Gasteiger partial charge in [0.1, 0.15) is 0 Å². The van der Waals surface area contributed by atoms with Gasteiger partial charge in [-0.25, -0.2) is 4.52 Å². The lowest BCUT2D eigenvalue weighted by Gasteiger charge is -2.19. The van der Waals surface area contributed by atoms with Crippen LogP contribution in [0.4, 0.5) is 11.6 Å². The van der Waals surface area contributed by atoms with Crippen LogP contribution in [0, 0.1) is 0 Å². The fourth-order valence-corrected chi connectivity index (χ4v) is 2.06.